The monoisotopic (exact) mass is 388 g/mol. The molecule has 0 aromatic carbocycles. The van der Waals surface area contributed by atoms with Crippen molar-refractivity contribution in [3.05, 3.63) is 28.2 Å². The molecule has 0 radical (unpaired) electrons. The molecule has 7 heteroatoms. The quantitative estimate of drug-likeness (QED) is 0.674. The first-order valence-corrected chi connectivity index (χ1v) is 10.4. The maximum Gasteiger partial charge on any atom is 0.307 e. The first kappa shape index (κ1) is 18.2. The number of carboxylic acids is 1. The van der Waals surface area contributed by atoms with Crippen molar-refractivity contribution in [2.24, 2.45) is 35.3 Å². The molecule has 0 aliphatic heterocycles. The molecule has 0 saturated heterocycles. The summed E-state index contributed by atoms with van der Waals surface area (Å²) >= 11 is 1.43. The molecule has 144 valence electrons. The number of fused-ring (bicyclic) bond motifs is 3. The zero-order valence-corrected chi connectivity index (χ0v) is 16.1. The van der Waals surface area contributed by atoms with Gasteiger partial charge in [-0.2, -0.15) is 0 Å². The molecular weight excluding hydrogens is 364 g/mol. The van der Waals surface area contributed by atoms with Gasteiger partial charge in [-0.05, 0) is 49.0 Å². The highest BCUT2D eigenvalue weighted by molar-refractivity contribution is 7.17. The fraction of sp³-hybridized carbons (Fsp3) is 0.550. The molecular formula is C20H24N2O4S. The van der Waals surface area contributed by atoms with Gasteiger partial charge in [0.2, 0.25) is 5.91 Å². The molecule has 5 atom stereocenters. The first-order valence-electron chi connectivity index (χ1n) is 9.57. The van der Waals surface area contributed by atoms with E-state index in [1.807, 2.05) is 12.2 Å². The number of carboxylic acid groups (broad SMARTS) is 1. The topological polar surface area (TPSA) is 109 Å². The summed E-state index contributed by atoms with van der Waals surface area (Å²) in [5, 5.41) is 12.9. The normalized spacial score (nSPS) is 30.9. The number of thiophene rings is 1. The standard InChI is InChI=1S/C20H24N2O4S/c1-2-9-3-6-12-13(7-9)27-19(16(12)17(21)23)22-18(24)14-10-4-5-11(8-10)15(14)20(25)26/h4-5,9-11,14-15H,2-3,6-8H2,1H3,(H2,21,23)(H,22,24)(H,25,26)/t9-,10-,11-,14-,15-/m0/s1. The van der Waals surface area contributed by atoms with Crippen LogP contribution in [0.4, 0.5) is 5.00 Å². The number of nitrogens with one attached hydrogen (secondary N) is 1. The van der Waals surface area contributed by atoms with Crippen LogP contribution in [0.1, 0.15) is 47.0 Å². The van der Waals surface area contributed by atoms with Crippen LogP contribution < -0.4 is 11.1 Å². The van der Waals surface area contributed by atoms with E-state index in [4.69, 9.17) is 5.73 Å². The Morgan fingerprint density at radius 3 is 2.59 bits per heavy atom. The van der Waals surface area contributed by atoms with Crippen LogP contribution in [-0.4, -0.2) is 22.9 Å². The second-order valence-electron chi connectivity index (χ2n) is 7.92. The minimum atomic E-state index is -0.932. The lowest BCUT2D eigenvalue weighted by atomic mass is 9.82. The Hall–Kier alpha value is -2.15. The summed E-state index contributed by atoms with van der Waals surface area (Å²) in [5.41, 5.74) is 7.01. The predicted molar refractivity (Wildman–Crippen MR) is 103 cm³/mol. The van der Waals surface area contributed by atoms with Crippen molar-refractivity contribution in [3.8, 4) is 0 Å². The number of nitrogens with two attached hydrogens (primary N) is 1. The number of carbonyl (C=O) groups is 3. The molecule has 4 rings (SSSR count). The van der Waals surface area contributed by atoms with Crippen LogP contribution in [0.25, 0.3) is 0 Å². The number of hydrogen-bond acceptors (Lipinski definition) is 4. The molecule has 3 aliphatic rings. The second kappa shape index (κ2) is 6.78. The Labute approximate surface area is 161 Å². The van der Waals surface area contributed by atoms with E-state index in [2.05, 4.69) is 12.2 Å². The molecule has 2 bridgehead atoms. The van der Waals surface area contributed by atoms with Gasteiger partial charge in [0, 0.05) is 4.88 Å². The second-order valence-corrected chi connectivity index (χ2v) is 9.02. The van der Waals surface area contributed by atoms with Crippen LogP contribution >= 0.6 is 11.3 Å². The van der Waals surface area contributed by atoms with E-state index < -0.39 is 23.7 Å². The number of rotatable bonds is 5. The van der Waals surface area contributed by atoms with E-state index in [0.717, 1.165) is 36.1 Å². The van der Waals surface area contributed by atoms with Crippen LogP contribution in [0.3, 0.4) is 0 Å². The van der Waals surface area contributed by atoms with E-state index in [9.17, 15) is 19.5 Å². The van der Waals surface area contributed by atoms with Gasteiger partial charge in [-0.15, -0.1) is 11.3 Å². The zero-order valence-electron chi connectivity index (χ0n) is 15.2. The maximum absolute atomic E-state index is 13.0. The van der Waals surface area contributed by atoms with Gasteiger partial charge >= 0.3 is 5.97 Å². The Balaban J connectivity index is 1.62. The van der Waals surface area contributed by atoms with E-state index >= 15 is 0 Å². The fourth-order valence-electron chi connectivity index (χ4n) is 5.06. The van der Waals surface area contributed by atoms with Crippen molar-refractivity contribution in [1.29, 1.82) is 0 Å². The molecule has 1 aromatic heterocycles. The van der Waals surface area contributed by atoms with E-state index in [1.54, 1.807) is 0 Å². The Kier molecular flexibility index (Phi) is 4.58. The highest BCUT2D eigenvalue weighted by atomic mass is 32.1. The van der Waals surface area contributed by atoms with Crippen LogP contribution in [0, 0.1) is 29.6 Å². The van der Waals surface area contributed by atoms with E-state index in [1.165, 1.54) is 11.3 Å². The lowest BCUT2D eigenvalue weighted by Gasteiger charge is -2.23. The highest BCUT2D eigenvalue weighted by Crippen LogP contribution is 2.49. The average Bonchev–Trinajstić information content (AvgIpc) is 3.32. The van der Waals surface area contributed by atoms with Gasteiger partial charge in [-0.1, -0.05) is 25.5 Å². The SMILES string of the molecule is CC[C@H]1CCc2c(sc(NC(=O)[C@@H]3[C@@H](C(=O)O)[C@H]4C=C[C@H]3C4)c2C(N)=O)C1. The fourth-order valence-corrected chi connectivity index (χ4v) is 6.43. The molecule has 1 heterocycles. The predicted octanol–water partition coefficient (Wildman–Crippen LogP) is 2.82. The lowest BCUT2D eigenvalue weighted by Crippen LogP contribution is -2.36. The van der Waals surface area contributed by atoms with Gasteiger partial charge < -0.3 is 16.2 Å². The van der Waals surface area contributed by atoms with Crippen molar-refractivity contribution in [2.75, 3.05) is 5.32 Å². The van der Waals surface area contributed by atoms with E-state index in [-0.39, 0.29) is 17.7 Å². The number of hydrogen-bond donors (Lipinski definition) is 3. The van der Waals surface area contributed by atoms with Crippen molar-refractivity contribution in [3.63, 3.8) is 0 Å². The molecule has 0 spiro atoms. The van der Waals surface area contributed by atoms with Crippen LogP contribution in [0.2, 0.25) is 0 Å². The molecule has 1 fully saturated rings. The number of primary amides is 1. The summed E-state index contributed by atoms with van der Waals surface area (Å²) in [4.78, 5) is 37.9. The van der Waals surface area contributed by atoms with Gasteiger partial charge in [-0.25, -0.2) is 0 Å². The van der Waals surface area contributed by atoms with Crippen molar-refractivity contribution in [1.82, 2.24) is 0 Å². The molecule has 6 nitrogen and oxygen atoms in total. The van der Waals surface area contributed by atoms with Gasteiger partial charge in [0.05, 0.1) is 17.4 Å². The lowest BCUT2D eigenvalue weighted by molar-refractivity contribution is -0.146. The van der Waals surface area contributed by atoms with Crippen molar-refractivity contribution < 1.29 is 19.5 Å². The Morgan fingerprint density at radius 1 is 1.26 bits per heavy atom. The molecule has 0 unspecified atom stereocenters. The van der Waals surface area contributed by atoms with Crippen LogP contribution in [0.15, 0.2) is 12.2 Å². The summed E-state index contributed by atoms with van der Waals surface area (Å²) in [6, 6.07) is 0. The molecule has 1 aromatic rings. The molecule has 27 heavy (non-hydrogen) atoms. The third kappa shape index (κ3) is 2.98. The third-order valence-corrected chi connectivity index (χ3v) is 7.64. The Bertz CT molecular complexity index is 843. The molecule has 1 saturated carbocycles. The van der Waals surface area contributed by atoms with Gasteiger partial charge in [0.1, 0.15) is 5.00 Å². The van der Waals surface area contributed by atoms with Crippen LogP contribution in [-0.2, 0) is 22.4 Å². The van der Waals surface area contributed by atoms with Crippen molar-refractivity contribution >= 4 is 34.1 Å². The zero-order chi connectivity index (χ0) is 19.3. The number of aliphatic carboxylic acids is 1. The highest BCUT2D eigenvalue weighted by Gasteiger charge is 2.51. The summed E-state index contributed by atoms with van der Waals surface area (Å²) in [5.74, 6) is -2.61. The van der Waals surface area contributed by atoms with Crippen LogP contribution in [0.5, 0.6) is 0 Å². The third-order valence-electron chi connectivity index (χ3n) is 6.47. The smallest absolute Gasteiger partial charge is 0.307 e. The summed E-state index contributed by atoms with van der Waals surface area (Å²) < 4.78 is 0. The van der Waals surface area contributed by atoms with E-state index in [0.29, 0.717) is 22.9 Å². The summed E-state index contributed by atoms with van der Waals surface area (Å²) in [7, 11) is 0. The minimum Gasteiger partial charge on any atom is -0.481 e. The molecule has 3 aliphatic carbocycles. The largest absolute Gasteiger partial charge is 0.481 e. The average molecular weight is 388 g/mol. The number of allylic oxidation sites excluding steroid dienone is 2. The number of amides is 2. The van der Waals surface area contributed by atoms with Gasteiger partial charge in [-0.3, -0.25) is 14.4 Å². The minimum absolute atomic E-state index is 0.0489. The number of anilines is 1. The summed E-state index contributed by atoms with van der Waals surface area (Å²) in [6.07, 6.45) is 8.38. The maximum atomic E-state index is 13.0. The Morgan fingerprint density at radius 2 is 1.96 bits per heavy atom. The molecule has 2 amide bonds. The van der Waals surface area contributed by atoms with Crippen molar-refractivity contribution in [2.45, 2.75) is 39.0 Å². The van der Waals surface area contributed by atoms with Gasteiger partial charge in [0.15, 0.2) is 0 Å². The number of carbonyl (C=O) groups excluding carboxylic acids is 2. The van der Waals surface area contributed by atoms with Gasteiger partial charge in [0.25, 0.3) is 5.91 Å². The first-order chi connectivity index (χ1) is 12.9. The molecule has 4 N–H and O–H groups in total. The summed E-state index contributed by atoms with van der Waals surface area (Å²) in [6.45, 7) is 2.16.